The summed E-state index contributed by atoms with van der Waals surface area (Å²) in [5.41, 5.74) is 9.24. The summed E-state index contributed by atoms with van der Waals surface area (Å²) in [6.45, 7) is 1.08. The number of anilines is 1. The lowest BCUT2D eigenvalue weighted by molar-refractivity contribution is 0.171. The number of fused-ring (bicyclic) bond motifs is 2. The molecule has 7 heteroatoms. The molecule has 2 N–H and O–H groups in total. The lowest BCUT2D eigenvalue weighted by Gasteiger charge is -2.19. The third-order valence-electron chi connectivity index (χ3n) is 4.28. The van der Waals surface area contributed by atoms with E-state index < -0.39 is 0 Å². The predicted octanol–water partition coefficient (Wildman–Crippen LogP) is 2.84. The molecule has 7 nitrogen and oxygen atoms in total. The highest BCUT2D eigenvalue weighted by Gasteiger charge is 2.19. The van der Waals surface area contributed by atoms with Crippen LogP contribution in [0.5, 0.6) is 11.5 Å². The van der Waals surface area contributed by atoms with Crippen LogP contribution in [0, 0.1) is 0 Å². The molecule has 0 saturated heterocycles. The zero-order valence-electron chi connectivity index (χ0n) is 13.8. The van der Waals surface area contributed by atoms with Gasteiger partial charge in [0.15, 0.2) is 23.0 Å². The van der Waals surface area contributed by atoms with E-state index in [1.807, 2.05) is 47.0 Å². The number of nitrogens with zero attached hydrogens (tertiary/aromatic N) is 4. The van der Waals surface area contributed by atoms with Crippen LogP contribution in [0.3, 0.4) is 0 Å². The monoisotopic (exact) mass is 345 g/mol. The average Bonchev–Trinajstić information content (AvgIpc) is 3.07. The maximum absolute atomic E-state index is 6.10. The summed E-state index contributed by atoms with van der Waals surface area (Å²) in [5.74, 6) is 2.54. The van der Waals surface area contributed by atoms with Crippen LogP contribution in [0.2, 0.25) is 0 Å². The highest BCUT2D eigenvalue weighted by Crippen LogP contribution is 2.35. The first kappa shape index (κ1) is 14.7. The van der Waals surface area contributed by atoms with E-state index in [9.17, 15) is 0 Å². The molecule has 0 fully saturated rings. The number of benzene rings is 1. The van der Waals surface area contributed by atoms with Crippen molar-refractivity contribution in [1.82, 2.24) is 19.5 Å². The molecule has 4 heterocycles. The van der Waals surface area contributed by atoms with E-state index in [0.717, 1.165) is 28.2 Å². The molecule has 3 aromatic heterocycles. The first-order valence-corrected chi connectivity index (χ1v) is 8.25. The van der Waals surface area contributed by atoms with Crippen LogP contribution < -0.4 is 15.2 Å². The predicted molar refractivity (Wildman–Crippen MR) is 97.5 cm³/mol. The molecule has 128 valence electrons. The van der Waals surface area contributed by atoms with Crippen molar-refractivity contribution in [2.75, 3.05) is 18.9 Å². The quantitative estimate of drug-likeness (QED) is 0.601. The molecule has 4 aromatic rings. The fraction of sp³-hybridized carbons (Fsp3) is 0.105. The summed E-state index contributed by atoms with van der Waals surface area (Å²) in [4.78, 5) is 13.4. The Morgan fingerprint density at radius 2 is 1.73 bits per heavy atom. The molecule has 0 spiro atoms. The van der Waals surface area contributed by atoms with Crippen LogP contribution in [0.15, 0.2) is 54.9 Å². The molecular formula is C19H15N5O2. The van der Waals surface area contributed by atoms with Crippen molar-refractivity contribution in [3.05, 3.63) is 54.9 Å². The van der Waals surface area contributed by atoms with Gasteiger partial charge in [0, 0.05) is 18.5 Å². The number of imidazole rings is 1. The highest BCUT2D eigenvalue weighted by atomic mass is 16.6. The number of ether oxygens (including phenoxy) is 2. The van der Waals surface area contributed by atoms with E-state index in [4.69, 9.17) is 20.2 Å². The van der Waals surface area contributed by atoms with Gasteiger partial charge in [-0.15, -0.1) is 0 Å². The first-order chi connectivity index (χ1) is 12.8. The second-order valence-electron chi connectivity index (χ2n) is 5.88. The molecule has 1 aromatic carbocycles. The molecule has 26 heavy (non-hydrogen) atoms. The number of rotatable bonds is 2. The SMILES string of the molecule is Nc1ncccc1-c1nc2cccnc2n1-c1ccc2c(c1)OCCO2. The van der Waals surface area contributed by atoms with E-state index in [2.05, 4.69) is 9.97 Å². The normalized spacial score (nSPS) is 13.1. The number of hydrogen-bond donors (Lipinski definition) is 1. The summed E-state index contributed by atoms with van der Waals surface area (Å²) in [6, 6.07) is 13.3. The van der Waals surface area contributed by atoms with Gasteiger partial charge in [-0.3, -0.25) is 4.57 Å². The van der Waals surface area contributed by atoms with E-state index in [1.165, 1.54) is 0 Å². The summed E-state index contributed by atoms with van der Waals surface area (Å²) >= 11 is 0. The van der Waals surface area contributed by atoms with Crippen LogP contribution >= 0.6 is 0 Å². The van der Waals surface area contributed by atoms with Crippen LogP contribution in [-0.4, -0.2) is 32.7 Å². The Kier molecular flexibility index (Phi) is 3.24. The molecule has 0 aliphatic carbocycles. The largest absolute Gasteiger partial charge is 0.486 e. The topological polar surface area (TPSA) is 88.1 Å². The molecule has 0 radical (unpaired) electrons. The molecule has 0 saturated carbocycles. The molecule has 0 bridgehead atoms. The van der Waals surface area contributed by atoms with Crippen LogP contribution in [0.4, 0.5) is 5.82 Å². The Morgan fingerprint density at radius 3 is 2.62 bits per heavy atom. The third-order valence-corrected chi connectivity index (χ3v) is 4.28. The maximum atomic E-state index is 6.10. The molecular weight excluding hydrogens is 330 g/mol. The van der Waals surface area contributed by atoms with E-state index in [0.29, 0.717) is 30.6 Å². The lowest BCUT2D eigenvalue weighted by Crippen LogP contribution is -2.15. The van der Waals surface area contributed by atoms with Crippen molar-refractivity contribution < 1.29 is 9.47 Å². The number of nitrogen functional groups attached to an aromatic ring is 1. The number of hydrogen-bond acceptors (Lipinski definition) is 6. The second-order valence-corrected chi connectivity index (χ2v) is 5.88. The first-order valence-electron chi connectivity index (χ1n) is 8.25. The molecule has 0 amide bonds. The fourth-order valence-electron chi connectivity index (χ4n) is 3.12. The van der Waals surface area contributed by atoms with E-state index in [-0.39, 0.29) is 0 Å². The Labute approximate surface area is 149 Å². The second kappa shape index (κ2) is 5.73. The van der Waals surface area contributed by atoms with Crippen molar-refractivity contribution in [2.45, 2.75) is 0 Å². The summed E-state index contributed by atoms with van der Waals surface area (Å²) in [7, 11) is 0. The fourth-order valence-corrected chi connectivity index (χ4v) is 3.12. The number of aromatic nitrogens is 4. The number of nitrogens with two attached hydrogens (primary N) is 1. The Bertz CT molecular complexity index is 1120. The van der Waals surface area contributed by atoms with Crippen molar-refractivity contribution in [3.63, 3.8) is 0 Å². The van der Waals surface area contributed by atoms with Crippen molar-refractivity contribution in [1.29, 1.82) is 0 Å². The van der Waals surface area contributed by atoms with Gasteiger partial charge in [0.25, 0.3) is 0 Å². The van der Waals surface area contributed by atoms with Gasteiger partial charge in [0.2, 0.25) is 0 Å². The Balaban J connectivity index is 1.79. The minimum absolute atomic E-state index is 0.418. The Hall–Kier alpha value is -3.61. The summed E-state index contributed by atoms with van der Waals surface area (Å²) in [5, 5.41) is 0. The number of pyridine rings is 2. The third kappa shape index (κ3) is 2.25. The van der Waals surface area contributed by atoms with E-state index in [1.54, 1.807) is 12.4 Å². The van der Waals surface area contributed by atoms with E-state index >= 15 is 0 Å². The minimum atomic E-state index is 0.418. The minimum Gasteiger partial charge on any atom is -0.486 e. The highest BCUT2D eigenvalue weighted by molar-refractivity contribution is 5.82. The van der Waals surface area contributed by atoms with Gasteiger partial charge in [-0.1, -0.05) is 0 Å². The molecule has 0 atom stereocenters. The van der Waals surface area contributed by atoms with Crippen molar-refractivity contribution >= 4 is 17.0 Å². The Morgan fingerprint density at radius 1 is 0.923 bits per heavy atom. The average molecular weight is 345 g/mol. The standard InChI is InChI=1S/C19H15N5O2/c20-17-13(3-1-7-21-17)18-23-14-4-2-8-22-19(14)24(18)12-5-6-15-16(11-12)26-10-9-25-15/h1-8,11H,9-10H2,(H2,20,21). The maximum Gasteiger partial charge on any atom is 0.164 e. The molecule has 0 unspecified atom stereocenters. The van der Waals surface area contributed by atoms with Crippen molar-refractivity contribution in [3.8, 4) is 28.6 Å². The van der Waals surface area contributed by atoms with Gasteiger partial charge >= 0.3 is 0 Å². The summed E-state index contributed by atoms with van der Waals surface area (Å²) < 4.78 is 13.3. The van der Waals surface area contributed by atoms with Gasteiger partial charge in [0.1, 0.15) is 24.5 Å². The van der Waals surface area contributed by atoms with Gasteiger partial charge < -0.3 is 15.2 Å². The van der Waals surface area contributed by atoms with Gasteiger partial charge in [-0.05, 0) is 36.4 Å². The van der Waals surface area contributed by atoms with Crippen molar-refractivity contribution in [2.24, 2.45) is 0 Å². The van der Waals surface area contributed by atoms with Gasteiger partial charge in [0.05, 0.1) is 11.3 Å². The van der Waals surface area contributed by atoms with Crippen LogP contribution in [0.25, 0.3) is 28.2 Å². The molecule has 5 rings (SSSR count). The lowest BCUT2D eigenvalue weighted by atomic mass is 10.2. The molecule has 1 aliphatic rings. The zero-order valence-corrected chi connectivity index (χ0v) is 13.8. The smallest absolute Gasteiger partial charge is 0.164 e. The van der Waals surface area contributed by atoms with Crippen LogP contribution in [0.1, 0.15) is 0 Å². The zero-order chi connectivity index (χ0) is 17.5. The van der Waals surface area contributed by atoms with Gasteiger partial charge in [-0.25, -0.2) is 15.0 Å². The molecule has 1 aliphatic heterocycles. The van der Waals surface area contributed by atoms with Crippen LogP contribution in [-0.2, 0) is 0 Å². The van der Waals surface area contributed by atoms with Gasteiger partial charge in [-0.2, -0.15) is 0 Å². The summed E-state index contributed by atoms with van der Waals surface area (Å²) in [6.07, 6.45) is 3.41.